The zero-order valence-electron chi connectivity index (χ0n) is 17.3. The summed E-state index contributed by atoms with van der Waals surface area (Å²) in [4.78, 5) is 3.83. The van der Waals surface area contributed by atoms with Gasteiger partial charge in [-0.1, -0.05) is 79.7 Å². The van der Waals surface area contributed by atoms with Crippen LogP contribution in [0.15, 0.2) is 89.3 Å². The lowest BCUT2D eigenvalue weighted by molar-refractivity contribution is 0.669. The Labute approximate surface area is 181 Å². The van der Waals surface area contributed by atoms with E-state index < -0.39 is 0 Å². The molecule has 1 atom stereocenters. The Morgan fingerprint density at radius 2 is 1.45 bits per heavy atom. The van der Waals surface area contributed by atoms with Gasteiger partial charge in [-0.15, -0.1) is 0 Å². The highest BCUT2D eigenvalue weighted by atomic mass is 16.3. The minimum atomic E-state index is 0. The first kappa shape index (κ1) is 17.0. The van der Waals surface area contributed by atoms with Crippen molar-refractivity contribution in [3.63, 3.8) is 0 Å². The predicted octanol–water partition coefficient (Wildman–Crippen LogP) is 8.31. The van der Waals surface area contributed by atoms with Gasteiger partial charge in [0.1, 0.15) is 11.2 Å². The van der Waals surface area contributed by atoms with Crippen LogP contribution in [0, 0.1) is 0 Å². The maximum atomic E-state index is 6.16. The van der Waals surface area contributed by atoms with E-state index in [1.165, 1.54) is 55.2 Å². The monoisotopic (exact) mass is 401 g/mol. The van der Waals surface area contributed by atoms with E-state index in [-0.39, 0.29) is 1.43 Å². The van der Waals surface area contributed by atoms with Crippen LogP contribution in [0.25, 0.3) is 55.2 Å². The van der Waals surface area contributed by atoms with Gasteiger partial charge in [-0.3, -0.25) is 0 Å². The predicted molar refractivity (Wildman–Crippen MR) is 131 cm³/mol. The summed E-state index contributed by atoms with van der Waals surface area (Å²) in [5, 5.41) is 3.69. The number of benzene rings is 4. The normalized spacial score (nSPS) is 15.5. The molecule has 0 bridgehead atoms. The maximum Gasteiger partial charge on any atom is 0.136 e. The van der Waals surface area contributed by atoms with E-state index in [1.807, 2.05) is 12.1 Å². The molecule has 150 valence electrons. The van der Waals surface area contributed by atoms with Crippen LogP contribution in [-0.4, -0.2) is 4.98 Å². The second-order valence-electron chi connectivity index (χ2n) is 8.68. The summed E-state index contributed by atoms with van der Waals surface area (Å²) in [6, 6.07) is 30.2. The molecule has 0 aliphatic heterocycles. The average Bonchev–Trinajstić information content (AvgIpc) is 3.38. The van der Waals surface area contributed by atoms with E-state index in [1.54, 1.807) is 0 Å². The van der Waals surface area contributed by atoms with Gasteiger partial charge in [0, 0.05) is 28.7 Å². The number of fused-ring (bicyclic) bond motifs is 8. The summed E-state index contributed by atoms with van der Waals surface area (Å²) in [5.41, 5.74) is 11.0. The summed E-state index contributed by atoms with van der Waals surface area (Å²) in [7, 11) is 0. The van der Waals surface area contributed by atoms with Crippen molar-refractivity contribution < 1.29 is 5.84 Å². The Morgan fingerprint density at radius 1 is 0.742 bits per heavy atom. The van der Waals surface area contributed by atoms with E-state index in [2.05, 4.69) is 84.7 Å². The van der Waals surface area contributed by atoms with Gasteiger partial charge in [0.25, 0.3) is 0 Å². The van der Waals surface area contributed by atoms with E-state index in [4.69, 9.17) is 4.42 Å². The lowest BCUT2D eigenvalue weighted by Crippen LogP contribution is -2.07. The van der Waals surface area contributed by atoms with Gasteiger partial charge in [0.15, 0.2) is 0 Å². The smallest absolute Gasteiger partial charge is 0.136 e. The summed E-state index contributed by atoms with van der Waals surface area (Å²) >= 11 is 0. The molecule has 6 aromatic rings. The Morgan fingerprint density at radius 3 is 2.42 bits per heavy atom. The third-order valence-corrected chi connectivity index (χ3v) is 6.91. The van der Waals surface area contributed by atoms with E-state index >= 15 is 0 Å². The third kappa shape index (κ3) is 2.28. The number of hydrogen-bond acceptors (Lipinski definition) is 1. The fourth-order valence-electron chi connectivity index (χ4n) is 5.51. The number of furan rings is 1. The summed E-state index contributed by atoms with van der Waals surface area (Å²) in [6.07, 6.45) is 1.06. The van der Waals surface area contributed by atoms with Gasteiger partial charge in [-0.05, 0) is 41.2 Å². The second-order valence-corrected chi connectivity index (χ2v) is 8.68. The maximum absolute atomic E-state index is 6.16. The van der Waals surface area contributed by atoms with E-state index in [9.17, 15) is 0 Å². The van der Waals surface area contributed by atoms with Gasteiger partial charge in [-0.2, -0.15) is 0 Å². The van der Waals surface area contributed by atoms with Crippen LogP contribution in [0.5, 0.6) is 0 Å². The molecule has 0 saturated carbocycles. The fraction of sp³-hybridized carbons (Fsp3) is 0.103. The van der Waals surface area contributed by atoms with Crippen molar-refractivity contribution in [1.82, 2.24) is 4.98 Å². The van der Waals surface area contributed by atoms with Gasteiger partial charge >= 0.3 is 0 Å². The van der Waals surface area contributed by atoms with Crippen LogP contribution in [0.2, 0.25) is 0 Å². The highest BCUT2D eigenvalue weighted by molar-refractivity contribution is 6.15. The van der Waals surface area contributed by atoms with E-state index in [0.29, 0.717) is 5.92 Å². The Balaban J connectivity index is 0.00000196. The quantitative estimate of drug-likeness (QED) is 0.295. The zero-order chi connectivity index (χ0) is 20.5. The molecule has 1 aliphatic carbocycles. The van der Waals surface area contributed by atoms with Crippen molar-refractivity contribution in [3.8, 4) is 22.4 Å². The topological polar surface area (TPSA) is 28.9 Å². The molecule has 2 aromatic heterocycles. The van der Waals surface area contributed by atoms with Crippen LogP contribution < -0.4 is 0 Å². The van der Waals surface area contributed by atoms with Crippen molar-refractivity contribution >= 4 is 32.8 Å². The number of nitrogens with one attached hydrogen (secondary N) is 1. The molecule has 0 spiro atoms. The number of para-hydroxylation sites is 2. The Hall–Kier alpha value is -3.78. The van der Waals surface area contributed by atoms with Crippen molar-refractivity contribution in [2.75, 3.05) is 0 Å². The number of aromatic amines is 1. The summed E-state index contributed by atoms with van der Waals surface area (Å²) in [6.45, 7) is 2.34. The SMILES string of the molecule is CC1Cc2c([nH]c3c(-c4cccc5oc6ccccc6c45)cccc23)-c2ccccc21.[HH]. The standard InChI is InChI=1S/C29H21NO.H2/c1-17-16-24-22-13-6-12-21(28(22)30-29(24)20-9-3-2-8-18(17)20)19-11-7-15-26-27(19)23-10-4-5-14-25(23)31-26;/h2-15,17,30H,16H2,1H3;1H. The van der Waals surface area contributed by atoms with Crippen molar-refractivity contribution in [3.05, 3.63) is 96.1 Å². The molecule has 2 nitrogen and oxygen atoms in total. The zero-order valence-corrected chi connectivity index (χ0v) is 17.3. The Kier molecular flexibility index (Phi) is 3.35. The molecule has 31 heavy (non-hydrogen) atoms. The number of H-pyrrole nitrogens is 1. The first-order chi connectivity index (χ1) is 15.3. The van der Waals surface area contributed by atoms with Gasteiger partial charge in [-0.25, -0.2) is 0 Å². The Bertz CT molecular complexity index is 1640. The molecule has 0 amide bonds. The van der Waals surface area contributed by atoms with Crippen molar-refractivity contribution in [2.24, 2.45) is 0 Å². The molecule has 0 fully saturated rings. The fourth-order valence-corrected chi connectivity index (χ4v) is 5.51. The lowest BCUT2D eigenvalue weighted by Gasteiger charge is -2.22. The highest BCUT2D eigenvalue weighted by Gasteiger charge is 2.26. The minimum Gasteiger partial charge on any atom is -0.456 e. The molecule has 2 heteroatoms. The first-order valence-corrected chi connectivity index (χ1v) is 10.9. The summed E-state index contributed by atoms with van der Waals surface area (Å²) in [5.74, 6) is 0.521. The van der Waals surface area contributed by atoms with Gasteiger partial charge < -0.3 is 9.40 Å². The molecule has 2 heterocycles. The van der Waals surface area contributed by atoms with Crippen LogP contribution in [0.4, 0.5) is 0 Å². The first-order valence-electron chi connectivity index (χ1n) is 10.9. The molecule has 1 aliphatic rings. The molecular formula is C29H23NO. The third-order valence-electron chi connectivity index (χ3n) is 6.91. The summed E-state index contributed by atoms with van der Waals surface area (Å²) < 4.78 is 6.16. The molecule has 0 saturated heterocycles. The van der Waals surface area contributed by atoms with Crippen LogP contribution in [0.3, 0.4) is 0 Å². The number of hydrogen-bond donors (Lipinski definition) is 1. The largest absolute Gasteiger partial charge is 0.456 e. The van der Waals surface area contributed by atoms with Gasteiger partial charge in [0.05, 0.1) is 11.2 Å². The van der Waals surface area contributed by atoms with Crippen molar-refractivity contribution in [2.45, 2.75) is 19.3 Å². The minimum absolute atomic E-state index is 0. The number of aromatic nitrogens is 1. The second kappa shape index (κ2) is 6.12. The van der Waals surface area contributed by atoms with Crippen molar-refractivity contribution in [1.29, 1.82) is 0 Å². The van der Waals surface area contributed by atoms with Crippen LogP contribution >= 0.6 is 0 Å². The highest BCUT2D eigenvalue weighted by Crippen LogP contribution is 2.45. The average molecular weight is 402 g/mol. The molecule has 7 rings (SSSR count). The molecule has 4 aromatic carbocycles. The molecular weight excluding hydrogens is 378 g/mol. The van der Waals surface area contributed by atoms with Crippen LogP contribution in [-0.2, 0) is 6.42 Å². The van der Waals surface area contributed by atoms with Crippen LogP contribution in [0.1, 0.15) is 25.4 Å². The van der Waals surface area contributed by atoms with E-state index in [0.717, 1.165) is 17.6 Å². The molecule has 1 N–H and O–H groups in total. The lowest BCUT2D eigenvalue weighted by atomic mass is 9.82. The van der Waals surface area contributed by atoms with Gasteiger partial charge in [0.2, 0.25) is 0 Å². The number of rotatable bonds is 1. The molecule has 0 radical (unpaired) electrons. The molecule has 1 unspecified atom stereocenters.